The summed E-state index contributed by atoms with van der Waals surface area (Å²) >= 11 is 0. The second-order valence-electron chi connectivity index (χ2n) is 6.52. The van der Waals surface area contributed by atoms with Crippen LogP contribution in [0.15, 0.2) is 40.9 Å². The molecule has 1 aromatic carbocycles. The zero-order valence-corrected chi connectivity index (χ0v) is 14.8. The third-order valence-corrected chi connectivity index (χ3v) is 4.22. The lowest BCUT2D eigenvalue weighted by atomic mass is 9.98. The van der Waals surface area contributed by atoms with Gasteiger partial charge >= 0.3 is 6.03 Å². The maximum atomic E-state index is 13.5. The lowest BCUT2D eigenvalue weighted by molar-refractivity contribution is 0.241. The van der Waals surface area contributed by atoms with Crippen molar-refractivity contribution >= 4 is 28.5 Å². The van der Waals surface area contributed by atoms with Gasteiger partial charge in [-0.1, -0.05) is 13.8 Å². The molecule has 0 aliphatic carbocycles. The van der Waals surface area contributed by atoms with Crippen molar-refractivity contribution in [3.05, 3.63) is 53.7 Å². The fourth-order valence-electron chi connectivity index (χ4n) is 2.83. The number of rotatable bonds is 4. The highest BCUT2D eigenvalue weighted by atomic mass is 19.1. The Hall–Kier alpha value is -3.09. The lowest BCUT2D eigenvalue weighted by Gasteiger charge is -2.21. The Bertz CT molecular complexity index is 935. The molecule has 2 heterocycles. The van der Waals surface area contributed by atoms with E-state index in [4.69, 9.17) is 10.2 Å². The van der Waals surface area contributed by atoms with Crippen molar-refractivity contribution < 1.29 is 13.6 Å². The molecule has 0 saturated heterocycles. The molecule has 0 spiro atoms. The number of carbonyl (C=O) groups is 1. The van der Waals surface area contributed by atoms with Crippen molar-refractivity contribution in [2.24, 2.45) is 5.92 Å². The highest BCUT2D eigenvalue weighted by molar-refractivity contribution is 5.89. The summed E-state index contributed by atoms with van der Waals surface area (Å²) < 4.78 is 19.4. The lowest BCUT2D eigenvalue weighted by Crippen LogP contribution is -2.35. The van der Waals surface area contributed by atoms with Gasteiger partial charge in [-0.3, -0.25) is 0 Å². The number of nitrogens with one attached hydrogen (secondary N) is 2. The molecule has 3 rings (SSSR count). The summed E-state index contributed by atoms with van der Waals surface area (Å²) in [6.07, 6.45) is 1.48. The minimum absolute atomic E-state index is 0.0643. The summed E-state index contributed by atoms with van der Waals surface area (Å²) in [5.41, 5.74) is 7.47. The Morgan fingerprint density at radius 2 is 2.04 bits per heavy atom. The van der Waals surface area contributed by atoms with Gasteiger partial charge in [0.2, 0.25) is 0 Å². The van der Waals surface area contributed by atoms with Gasteiger partial charge in [0, 0.05) is 10.9 Å². The normalized spacial score (nSPS) is 12.3. The van der Waals surface area contributed by atoms with E-state index in [1.807, 2.05) is 20.8 Å². The molecule has 2 amide bonds. The quantitative estimate of drug-likeness (QED) is 0.647. The smallest absolute Gasteiger partial charge is 0.319 e. The highest BCUT2D eigenvalue weighted by Crippen LogP contribution is 2.33. The number of aromatic nitrogens is 1. The number of pyridine rings is 1. The first-order valence-electron chi connectivity index (χ1n) is 8.32. The Morgan fingerprint density at radius 3 is 2.69 bits per heavy atom. The number of furan rings is 1. The number of nitrogen functional groups attached to an aromatic ring is 1. The minimum atomic E-state index is -0.388. The van der Waals surface area contributed by atoms with Crippen LogP contribution in [0.1, 0.15) is 31.2 Å². The number of carbonyl (C=O) groups excluding carboxylic acids is 1. The first-order chi connectivity index (χ1) is 12.3. The fraction of sp³-hybridized carbons (Fsp3) is 0.263. The second kappa shape index (κ2) is 7.03. The van der Waals surface area contributed by atoms with Crippen LogP contribution in [-0.2, 0) is 0 Å². The summed E-state index contributed by atoms with van der Waals surface area (Å²) in [5, 5.41) is 6.34. The summed E-state index contributed by atoms with van der Waals surface area (Å²) in [4.78, 5) is 16.3. The molecule has 0 bridgehead atoms. The first-order valence-corrected chi connectivity index (χ1v) is 8.32. The molecule has 1 unspecified atom stereocenters. The van der Waals surface area contributed by atoms with Gasteiger partial charge in [0.05, 0.1) is 17.9 Å². The molecule has 0 radical (unpaired) electrons. The van der Waals surface area contributed by atoms with Gasteiger partial charge in [-0.2, -0.15) is 0 Å². The summed E-state index contributed by atoms with van der Waals surface area (Å²) in [6, 6.07) is 6.91. The third kappa shape index (κ3) is 3.61. The second-order valence-corrected chi connectivity index (χ2v) is 6.52. The predicted octanol–water partition coefficient (Wildman–Crippen LogP) is 4.38. The molecule has 4 N–H and O–H groups in total. The zero-order chi connectivity index (χ0) is 18.8. The maximum absolute atomic E-state index is 13.5. The van der Waals surface area contributed by atoms with Crippen LogP contribution in [-0.4, -0.2) is 11.0 Å². The number of nitrogens with two attached hydrogens (primary N) is 1. The van der Waals surface area contributed by atoms with Crippen molar-refractivity contribution in [2.45, 2.75) is 26.8 Å². The number of hydrogen-bond donors (Lipinski definition) is 3. The molecule has 7 heteroatoms. The van der Waals surface area contributed by atoms with Crippen molar-refractivity contribution in [3.63, 3.8) is 0 Å². The van der Waals surface area contributed by atoms with Crippen LogP contribution in [0.5, 0.6) is 0 Å². The van der Waals surface area contributed by atoms with E-state index in [-0.39, 0.29) is 23.8 Å². The Morgan fingerprint density at radius 1 is 1.27 bits per heavy atom. The van der Waals surface area contributed by atoms with E-state index < -0.39 is 0 Å². The average molecular weight is 356 g/mol. The third-order valence-electron chi connectivity index (χ3n) is 4.22. The average Bonchev–Trinajstić information content (AvgIpc) is 2.91. The number of amides is 2. The topological polar surface area (TPSA) is 93.2 Å². The van der Waals surface area contributed by atoms with Crippen LogP contribution in [0, 0.1) is 18.7 Å². The largest absolute Gasteiger partial charge is 0.459 e. The molecular formula is C19H21FN4O2. The Labute approximate surface area is 150 Å². The summed E-state index contributed by atoms with van der Waals surface area (Å²) in [6.45, 7) is 5.81. The van der Waals surface area contributed by atoms with E-state index in [0.717, 1.165) is 5.56 Å². The molecule has 26 heavy (non-hydrogen) atoms. The molecule has 3 aromatic rings. The molecule has 0 fully saturated rings. The molecule has 6 nitrogen and oxygen atoms in total. The molecule has 0 aliphatic heterocycles. The maximum Gasteiger partial charge on any atom is 0.319 e. The van der Waals surface area contributed by atoms with E-state index >= 15 is 0 Å². The number of fused-ring (bicyclic) bond motifs is 1. The fourth-order valence-corrected chi connectivity index (χ4v) is 2.83. The number of urea groups is 1. The monoisotopic (exact) mass is 356 g/mol. The van der Waals surface area contributed by atoms with E-state index in [1.54, 1.807) is 18.2 Å². The van der Waals surface area contributed by atoms with Gasteiger partial charge in [0.1, 0.15) is 23.0 Å². The van der Waals surface area contributed by atoms with E-state index in [0.29, 0.717) is 28.2 Å². The van der Waals surface area contributed by atoms with Crippen molar-refractivity contribution in [3.8, 4) is 0 Å². The number of benzene rings is 1. The van der Waals surface area contributed by atoms with Gasteiger partial charge in [-0.25, -0.2) is 14.2 Å². The Kier molecular flexibility index (Phi) is 4.79. The number of halogens is 1. The summed E-state index contributed by atoms with van der Waals surface area (Å²) in [5.74, 6) is 0.734. The minimum Gasteiger partial charge on any atom is -0.459 e. The van der Waals surface area contributed by atoms with Gasteiger partial charge in [0.25, 0.3) is 0 Å². The summed E-state index contributed by atoms with van der Waals surface area (Å²) in [7, 11) is 0. The number of hydrogen-bond acceptors (Lipinski definition) is 4. The number of nitrogens with zero attached hydrogens (tertiary/aromatic N) is 1. The number of aryl methyl sites for hydroxylation is 1. The molecule has 2 aromatic heterocycles. The van der Waals surface area contributed by atoms with Crippen LogP contribution in [0.25, 0.3) is 11.0 Å². The molecule has 1 atom stereocenters. The van der Waals surface area contributed by atoms with Gasteiger partial charge in [-0.15, -0.1) is 0 Å². The van der Waals surface area contributed by atoms with E-state index in [1.165, 1.54) is 18.3 Å². The molecular weight excluding hydrogens is 335 g/mol. The highest BCUT2D eigenvalue weighted by Gasteiger charge is 2.25. The van der Waals surface area contributed by atoms with Crippen LogP contribution >= 0.6 is 0 Å². The van der Waals surface area contributed by atoms with Crippen molar-refractivity contribution in [2.75, 3.05) is 11.1 Å². The van der Waals surface area contributed by atoms with E-state index in [9.17, 15) is 9.18 Å². The molecule has 0 aliphatic rings. The molecule has 136 valence electrons. The van der Waals surface area contributed by atoms with Crippen LogP contribution in [0.3, 0.4) is 0 Å². The standard InChI is InChI=1S/C19H21FN4O2/c1-10(2)17(24-19(25)23-13-5-7-16(21)22-9-13)18-11(3)14-8-12(20)4-6-15(14)26-18/h4-10,17H,1-3H3,(H2,21,22)(H2,23,24,25). The van der Waals surface area contributed by atoms with E-state index in [2.05, 4.69) is 15.6 Å². The SMILES string of the molecule is Cc1c(C(NC(=O)Nc2ccc(N)nc2)C(C)C)oc2ccc(F)cc12. The van der Waals surface area contributed by atoms with Gasteiger partial charge < -0.3 is 20.8 Å². The van der Waals surface area contributed by atoms with Crippen molar-refractivity contribution in [1.82, 2.24) is 10.3 Å². The van der Waals surface area contributed by atoms with Gasteiger partial charge in [-0.05, 0) is 43.2 Å². The van der Waals surface area contributed by atoms with Crippen LogP contribution in [0.4, 0.5) is 20.7 Å². The van der Waals surface area contributed by atoms with Crippen molar-refractivity contribution in [1.29, 1.82) is 0 Å². The zero-order valence-electron chi connectivity index (χ0n) is 14.8. The van der Waals surface area contributed by atoms with Crippen LogP contribution in [0.2, 0.25) is 0 Å². The predicted molar refractivity (Wildman–Crippen MR) is 99.3 cm³/mol. The number of anilines is 2. The first kappa shape index (κ1) is 17.7. The Balaban J connectivity index is 1.84. The van der Waals surface area contributed by atoms with Gasteiger partial charge in [0.15, 0.2) is 0 Å². The van der Waals surface area contributed by atoms with Crippen LogP contribution < -0.4 is 16.4 Å². The molecule has 0 saturated carbocycles.